The molecule has 152 valence electrons. The molecule has 0 heterocycles. The standard InChI is InChI=1S/C21H15FN2O5S/c22-30(28,29)19-8-4-7-17(14-19)23-21(25)20(16-5-2-1-3-6-16)13-15-9-11-18(12-10-15)24(26)27/h1-14H,(H,23,25)/b20-13+. The number of carbonyl (C=O) groups is 1. The lowest BCUT2D eigenvalue weighted by molar-refractivity contribution is -0.384. The molecular weight excluding hydrogens is 411 g/mol. The average Bonchev–Trinajstić information content (AvgIpc) is 2.72. The summed E-state index contributed by atoms with van der Waals surface area (Å²) in [5, 5.41) is 13.4. The van der Waals surface area contributed by atoms with Crippen LogP contribution in [0, 0.1) is 10.1 Å². The highest BCUT2D eigenvalue weighted by atomic mass is 32.3. The summed E-state index contributed by atoms with van der Waals surface area (Å²) >= 11 is 0. The second kappa shape index (κ2) is 8.66. The van der Waals surface area contributed by atoms with Gasteiger partial charge in [-0.2, -0.15) is 8.42 Å². The Kier molecular flexibility index (Phi) is 6.03. The zero-order valence-corrected chi connectivity index (χ0v) is 16.2. The lowest BCUT2D eigenvalue weighted by Crippen LogP contribution is -2.14. The van der Waals surface area contributed by atoms with E-state index in [0.717, 1.165) is 12.1 Å². The number of nitrogens with one attached hydrogen (secondary N) is 1. The SMILES string of the molecule is O=C(Nc1cccc(S(=O)(=O)F)c1)/C(=C/c1ccc([N+](=O)[O-])cc1)c1ccccc1. The molecule has 0 aliphatic carbocycles. The minimum atomic E-state index is -4.91. The van der Waals surface area contributed by atoms with Crippen LogP contribution in [0.1, 0.15) is 11.1 Å². The summed E-state index contributed by atoms with van der Waals surface area (Å²) < 4.78 is 35.4. The molecular formula is C21H15FN2O5S. The molecule has 0 bridgehead atoms. The second-order valence-corrected chi connectivity index (χ2v) is 7.54. The first-order valence-electron chi connectivity index (χ1n) is 8.62. The van der Waals surface area contributed by atoms with Crippen LogP contribution in [0.4, 0.5) is 15.3 Å². The molecule has 30 heavy (non-hydrogen) atoms. The van der Waals surface area contributed by atoms with Gasteiger partial charge in [0.2, 0.25) is 0 Å². The third kappa shape index (κ3) is 5.15. The predicted octanol–water partition coefficient (Wildman–Crippen LogP) is 4.43. The summed E-state index contributed by atoms with van der Waals surface area (Å²) in [5.74, 6) is -0.562. The summed E-state index contributed by atoms with van der Waals surface area (Å²) in [5.41, 5.74) is 1.38. The van der Waals surface area contributed by atoms with Gasteiger partial charge in [0, 0.05) is 23.4 Å². The van der Waals surface area contributed by atoms with Crippen LogP contribution in [-0.4, -0.2) is 19.2 Å². The van der Waals surface area contributed by atoms with Gasteiger partial charge in [-0.3, -0.25) is 14.9 Å². The second-order valence-electron chi connectivity index (χ2n) is 6.19. The molecule has 7 nitrogen and oxygen atoms in total. The van der Waals surface area contributed by atoms with E-state index in [1.807, 2.05) is 0 Å². The van der Waals surface area contributed by atoms with Crippen LogP contribution >= 0.6 is 0 Å². The van der Waals surface area contributed by atoms with Gasteiger partial charge >= 0.3 is 10.2 Å². The van der Waals surface area contributed by atoms with Gasteiger partial charge in [0.15, 0.2) is 0 Å². The quantitative estimate of drug-likeness (QED) is 0.206. The lowest BCUT2D eigenvalue weighted by Gasteiger charge is -2.10. The van der Waals surface area contributed by atoms with Crippen LogP contribution in [0.25, 0.3) is 11.6 Å². The number of amides is 1. The van der Waals surface area contributed by atoms with Crippen molar-refractivity contribution in [3.05, 3.63) is 100 Å². The minimum absolute atomic E-state index is 0.0814. The number of nitro groups is 1. The maximum atomic E-state index is 13.2. The average molecular weight is 426 g/mol. The van der Waals surface area contributed by atoms with Crippen molar-refractivity contribution >= 4 is 39.2 Å². The van der Waals surface area contributed by atoms with E-state index in [2.05, 4.69) is 5.32 Å². The van der Waals surface area contributed by atoms with Gasteiger partial charge in [0.05, 0.1) is 4.92 Å². The van der Waals surface area contributed by atoms with Crippen molar-refractivity contribution in [2.45, 2.75) is 4.90 Å². The smallest absolute Gasteiger partial charge is 0.322 e. The van der Waals surface area contributed by atoms with Crippen molar-refractivity contribution in [3.8, 4) is 0 Å². The number of hydrogen-bond donors (Lipinski definition) is 1. The van der Waals surface area contributed by atoms with Crippen LogP contribution < -0.4 is 5.32 Å². The molecule has 0 spiro atoms. The molecule has 3 aromatic carbocycles. The topological polar surface area (TPSA) is 106 Å². The van der Waals surface area contributed by atoms with E-state index in [4.69, 9.17) is 0 Å². The fraction of sp³-hybridized carbons (Fsp3) is 0. The van der Waals surface area contributed by atoms with E-state index in [9.17, 15) is 27.2 Å². The van der Waals surface area contributed by atoms with Gasteiger partial charge in [-0.05, 0) is 47.5 Å². The normalized spacial score (nSPS) is 11.7. The molecule has 0 aromatic heterocycles. The Labute approximate surface area is 171 Å². The third-order valence-corrected chi connectivity index (χ3v) is 4.93. The fourth-order valence-corrected chi connectivity index (χ4v) is 3.19. The minimum Gasteiger partial charge on any atom is -0.322 e. The first-order chi connectivity index (χ1) is 14.2. The molecule has 0 atom stereocenters. The Bertz CT molecular complexity index is 1220. The van der Waals surface area contributed by atoms with Gasteiger partial charge in [-0.15, -0.1) is 3.89 Å². The van der Waals surface area contributed by atoms with Gasteiger partial charge < -0.3 is 5.32 Å². The molecule has 0 unspecified atom stereocenters. The van der Waals surface area contributed by atoms with Crippen molar-refractivity contribution in [3.63, 3.8) is 0 Å². The number of nitro benzene ring substituents is 1. The van der Waals surface area contributed by atoms with E-state index in [1.165, 1.54) is 36.4 Å². The maximum Gasteiger partial charge on any atom is 0.332 e. The molecule has 9 heteroatoms. The van der Waals surface area contributed by atoms with Gasteiger partial charge in [-0.1, -0.05) is 36.4 Å². The number of nitrogens with zero attached hydrogens (tertiary/aromatic N) is 1. The summed E-state index contributed by atoms with van der Waals surface area (Å²) in [6.07, 6.45) is 1.55. The molecule has 0 saturated heterocycles. The highest BCUT2D eigenvalue weighted by molar-refractivity contribution is 7.86. The molecule has 3 rings (SSSR count). The summed E-state index contributed by atoms with van der Waals surface area (Å²) in [6, 6.07) is 19.2. The first kappa shape index (κ1) is 20.9. The van der Waals surface area contributed by atoms with Crippen molar-refractivity contribution in [2.24, 2.45) is 0 Å². The molecule has 3 aromatic rings. The largest absolute Gasteiger partial charge is 0.332 e. The van der Waals surface area contributed by atoms with Crippen LogP contribution in [0.5, 0.6) is 0 Å². The fourth-order valence-electron chi connectivity index (χ4n) is 2.68. The van der Waals surface area contributed by atoms with Crippen LogP contribution in [0.3, 0.4) is 0 Å². The monoisotopic (exact) mass is 426 g/mol. The zero-order chi connectivity index (χ0) is 21.7. The Balaban J connectivity index is 1.97. The summed E-state index contributed by atoms with van der Waals surface area (Å²) in [7, 11) is -4.91. The summed E-state index contributed by atoms with van der Waals surface area (Å²) in [6.45, 7) is 0. The van der Waals surface area contributed by atoms with Crippen molar-refractivity contribution in [1.29, 1.82) is 0 Å². The number of carbonyl (C=O) groups excluding carboxylic acids is 1. The Morgan fingerprint density at radius 2 is 1.63 bits per heavy atom. The van der Waals surface area contributed by atoms with E-state index in [-0.39, 0.29) is 16.9 Å². The first-order valence-corrected chi connectivity index (χ1v) is 10.00. The Morgan fingerprint density at radius 1 is 0.967 bits per heavy atom. The highest BCUT2D eigenvalue weighted by Gasteiger charge is 2.16. The van der Waals surface area contributed by atoms with Gasteiger partial charge in [-0.25, -0.2) is 0 Å². The molecule has 1 N–H and O–H groups in total. The lowest BCUT2D eigenvalue weighted by atomic mass is 10.0. The molecule has 0 saturated carbocycles. The van der Waals surface area contributed by atoms with Gasteiger partial charge in [0.1, 0.15) is 4.90 Å². The van der Waals surface area contributed by atoms with Crippen molar-refractivity contribution in [1.82, 2.24) is 0 Å². The van der Waals surface area contributed by atoms with Crippen LogP contribution in [0.15, 0.2) is 83.8 Å². The highest BCUT2D eigenvalue weighted by Crippen LogP contribution is 2.23. The summed E-state index contributed by atoms with van der Waals surface area (Å²) in [4.78, 5) is 22.7. The Morgan fingerprint density at radius 3 is 2.23 bits per heavy atom. The number of rotatable bonds is 6. The van der Waals surface area contributed by atoms with E-state index in [1.54, 1.807) is 36.4 Å². The number of non-ortho nitro benzene ring substituents is 1. The Hall–Kier alpha value is -3.85. The van der Waals surface area contributed by atoms with Crippen molar-refractivity contribution < 1.29 is 22.0 Å². The molecule has 0 aliphatic rings. The van der Waals surface area contributed by atoms with Crippen LogP contribution in [-0.2, 0) is 15.0 Å². The van der Waals surface area contributed by atoms with E-state index in [0.29, 0.717) is 11.1 Å². The third-order valence-electron chi connectivity index (χ3n) is 4.12. The predicted molar refractivity (Wildman–Crippen MR) is 111 cm³/mol. The number of halogens is 1. The molecule has 1 amide bonds. The van der Waals surface area contributed by atoms with E-state index < -0.39 is 25.9 Å². The van der Waals surface area contributed by atoms with Crippen molar-refractivity contribution in [2.75, 3.05) is 5.32 Å². The zero-order valence-electron chi connectivity index (χ0n) is 15.4. The van der Waals surface area contributed by atoms with Gasteiger partial charge in [0.25, 0.3) is 11.6 Å². The van der Waals surface area contributed by atoms with Crippen LogP contribution in [0.2, 0.25) is 0 Å². The molecule has 0 aliphatic heterocycles. The number of benzene rings is 3. The maximum absolute atomic E-state index is 13.2. The number of anilines is 1. The van der Waals surface area contributed by atoms with E-state index >= 15 is 0 Å². The molecule has 0 fully saturated rings. The number of hydrogen-bond acceptors (Lipinski definition) is 5. The molecule has 0 radical (unpaired) electrons.